The van der Waals surface area contributed by atoms with Gasteiger partial charge in [-0.1, -0.05) is 5.16 Å². The molecule has 0 atom stereocenters. The molecule has 7 heteroatoms. The number of carboxylic acid groups (broad SMARTS) is 1. The summed E-state index contributed by atoms with van der Waals surface area (Å²) >= 11 is 0. The monoisotopic (exact) mass is 264 g/mol. The van der Waals surface area contributed by atoms with Crippen LogP contribution >= 0.6 is 0 Å². The third-order valence-electron chi connectivity index (χ3n) is 2.62. The smallest absolute Gasteiger partial charge is 0.339 e. The van der Waals surface area contributed by atoms with Gasteiger partial charge in [-0.2, -0.15) is 0 Å². The van der Waals surface area contributed by atoms with Crippen molar-refractivity contribution in [1.29, 1.82) is 0 Å². The molecule has 2 heterocycles. The molecule has 0 aliphatic heterocycles. The summed E-state index contributed by atoms with van der Waals surface area (Å²) in [6.45, 7) is 3.28. The molecular formula is C12H12N2O5. The topological polar surface area (TPSA) is 106 Å². The van der Waals surface area contributed by atoms with Gasteiger partial charge in [-0.3, -0.25) is 4.79 Å². The fourth-order valence-corrected chi connectivity index (χ4v) is 1.62. The first kappa shape index (κ1) is 12.9. The lowest BCUT2D eigenvalue weighted by atomic mass is 10.2. The molecule has 2 aromatic heterocycles. The molecule has 0 aromatic carbocycles. The molecular weight excluding hydrogens is 252 g/mol. The summed E-state index contributed by atoms with van der Waals surface area (Å²) < 4.78 is 10.0. The molecule has 0 radical (unpaired) electrons. The Morgan fingerprint density at radius 1 is 1.32 bits per heavy atom. The van der Waals surface area contributed by atoms with E-state index in [0.29, 0.717) is 22.8 Å². The third kappa shape index (κ3) is 2.65. The maximum atomic E-state index is 11.8. The van der Waals surface area contributed by atoms with Crippen LogP contribution in [0, 0.1) is 13.8 Å². The Labute approximate surface area is 108 Å². The van der Waals surface area contributed by atoms with E-state index in [1.165, 1.54) is 12.3 Å². The second-order valence-electron chi connectivity index (χ2n) is 3.97. The number of amides is 1. The molecule has 0 saturated heterocycles. The van der Waals surface area contributed by atoms with E-state index in [2.05, 4.69) is 10.5 Å². The highest BCUT2D eigenvalue weighted by molar-refractivity contribution is 5.94. The number of hydrogen-bond donors (Lipinski definition) is 2. The normalized spacial score (nSPS) is 10.4. The van der Waals surface area contributed by atoms with Crippen LogP contribution in [0.3, 0.4) is 0 Å². The number of aromatic carboxylic acids is 1. The van der Waals surface area contributed by atoms with Gasteiger partial charge in [0.05, 0.1) is 12.7 Å². The van der Waals surface area contributed by atoms with Crippen molar-refractivity contribution in [1.82, 2.24) is 10.5 Å². The van der Waals surface area contributed by atoms with Gasteiger partial charge in [0, 0.05) is 0 Å². The van der Waals surface area contributed by atoms with Gasteiger partial charge < -0.3 is 19.4 Å². The number of carbonyl (C=O) groups excluding carboxylic acids is 1. The molecule has 0 bridgehead atoms. The van der Waals surface area contributed by atoms with Crippen molar-refractivity contribution < 1.29 is 23.6 Å². The van der Waals surface area contributed by atoms with Crippen molar-refractivity contribution in [2.75, 3.05) is 0 Å². The largest absolute Gasteiger partial charge is 0.478 e. The van der Waals surface area contributed by atoms with E-state index in [1.807, 2.05) is 0 Å². The second kappa shape index (κ2) is 4.97. The molecule has 2 aromatic rings. The van der Waals surface area contributed by atoms with Crippen LogP contribution in [0.5, 0.6) is 0 Å². The Bertz CT molecular complexity index is 626. The van der Waals surface area contributed by atoms with Crippen molar-refractivity contribution in [3.8, 4) is 0 Å². The van der Waals surface area contributed by atoms with Crippen LogP contribution in [0.25, 0.3) is 0 Å². The number of nitrogens with one attached hydrogen (secondary N) is 1. The van der Waals surface area contributed by atoms with Crippen LogP contribution in [0.4, 0.5) is 0 Å². The fourth-order valence-electron chi connectivity index (χ4n) is 1.62. The summed E-state index contributed by atoms with van der Waals surface area (Å²) in [4.78, 5) is 22.6. The van der Waals surface area contributed by atoms with Crippen LogP contribution in [0.1, 0.15) is 38.0 Å². The number of carbonyl (C=O) groups is 2. The van der Waals surface area contributed by atoms with Gasteiger partial charge in [-0.15, -0.1) is 0 Å². The zero-order valence-electron chi connectivity index (χ0n) is 10.4. The maximum Gasteiger partial charge on any atom is 0.339 e. The Hall–Kier alpha value is -2.57. The predicted molar refractivity (Wildman–Crippen MR) is 62.8 cm³/mol. The van der Waals surface area contributed by atoms with E-state index in [4.69, 9.17) is 14.0 Å². The minimum absolute atomic E-state index is 0.0883. The molecule has 7 nitrogen and oxygen atoms in total. The van der Waals surface area contributed by atoms with E-state index in [-0.39, 0.29) is 18.0 Å². The van der Waals surface area contributed by atoms with Crippen LogP contribution in [-0.2, 0) is 6.54 Å². The average Bonchev–Trinajstić information content (AvgIpc) is 2.92. The van der Waals surface area contributed by atoms with Gasteiger partial charge in [0.1, 0.15) is 28.4 Å². The Morgan fingerprint density at radius 3 is 2.58 bits per heavy atom. The molecule has 1 amide bonds. The summed E-state index contributed by atoms with van der Waals surface area (Å²) in [5, 5.41) is 15.0. The van der Waals surface area contributed by atoms with Crippen molar-refractivity contribution >= 4 is 11.9 Å². The maximum absolute atomic E-state index is 11.8. The summed E-state index contributed by atoms with van der Waals surface area (Å²) in [5.41, 5.74) is 0.423. The summed E-state index contributed by atoms with van der Waals surface area (Å²) in [6, 6.07) is 1.39. The van der Waals surface area contributed by atoms with E-state index in [0.717, 1.165) is 0 Å². The van der Waals surface area contributed by atoms with Crippen LogP contribution in [0.2, 0.25) is 0 Å². The highest BCUT2D eigenvalue weighted by atomic mass is 16.5. The molecule has 0 spiro atoms. The molecule has 0 saturated carbocycles. The van der Waals surface area contributed by atoms with Crippen molar-refractivity contribution in [3.05, 3.63) is 40.7 Å². The lowest BCUT2D eigenvalue weighted by Crippen LogP contribution is -2.22. The lowest BCUT2D eigenvalue weighted by molar-refractivity contribution is 0.0694. The third-order valence-corrected chi connectivity index (χ3v) is 2.62. The SMILES string of the molecule is Cc1oc(CNC(=O)c2cnoc2C)cc1C(=O)O. The fraction of sp³-hybridized carbons (Fsp3) is 0.250. The van der Waals surface area contributed by atoms with Gasteiger partial charge in [0.25, 0.3) is 5.91 Å². The summed E-state index contributed by atoms with van der Waals surface area (Å²) in [7, 11) is 0. The minimum atomic E-state index is -1.06. The molecule has 19 heavy (non-hydrogen) atoms. The Morgan fingerprint density at radius 2 is 2.05 bits per heavy atom. The number of carboxylic acids is 1. The molecule has 0 unspecified atom stereocenters. The van der Waals surface area contributed by atoms with E-state index in [1.54, 1.807) is 13.8 Å². The van der Waals surface area contributed by atoms with E-state index < -0.39 is 5.97 Å². The van der Waals surface area contributed by atoms with Crippen LogP contribution < -0.4 is 5.32 Å². The number of furan rings is 1. The molecule has 2 rings (SSSR count). The molecule has 0 fully saturated rings. The predicted octanol–water partition coefficient (Wildman–Crippen LogP) is 1.51. The lowest BCUT2D eigenvalue weighted by Gasteiger charge is -2.00. The Balaban J connectivity index is 2.03. The van der Waals surface area contributed by atoms with Gasteiger partial charge >= 0.3 is 5.97 Å². The van der Waals surface area contributed by atoms with Gasteiger partial charge in [-0.05, 0) is 19.9 Å². The van der Waals surface area contributed by atoms with Crippen LogP contribution in [0.15, 0.2) is 21.2 Å². The first-order valence-corrected chi connectivity index (χ1v) is 5.51. The summed E-state index contributed by atoms with van der Waals surface area (Å²) in [6.07, 6.45) is 1.32. The van der Waals surface area contributed by atoms with Crippen molar-refractivity contribution in [3.63, 3.8) is 0 Å². The number of aromatic nitrogens is 1. The van der Waals surface area contributed by atoms with E-state index in [9.17, 15) is 9.59 Å². The number of rotatable bonds is 4. The Kier molecular flexibility index (Phi) is 3.37. The zero-order chi connectivity index (χ0) is 14.0. The zero-order valence-corrected chi connectivity index (χ0v) is 10.4. The number of nitrogens with zero attached hydrogens (tertiary/aromatic N) is 1. The first-order valence-electron chi connectivity index (χ1n) is 5.51. The molecule has 0 aliphatic carbocycles. The van der Waals surface area contributed by atoms with Gasteiger partial charge in [-0.25, -0.2) is 4.79 Å². The number of aryl methyl sites for hydroxylation is 2. The average molecular weight is 264 g/mol. The molecule has 0 aliphatic rings. The quantitative estimate of drug-likeness (QED) is 0.867. The number of hydrogen-bond acceptors (Lipinski definition) is 5. The standard InChI is InChI=1S/C12H12N2O5/c1-6-9(12(16)17)3-8(18-6)4-13-11(15)10-5-14-19-7(10)2/h3,5H,4H2,1-2H3,(H,13,15)(H,16,17). The first-order chi connectivity index (χ1) is 8.99. The minimum Gasteiger partial charge on any atom is -0.478 e. The highest BCUT2D eigenvalue weighted by Crippen LogP contribution is 2.14. The second-order valence-corrected chi connectivity index (χ2v) is 3.97. The highest BCUT2D eigenvalue weighted by Gasteiger charge is 2.16. The van der Waals surface area contributed by atoms with Gasteiger partial charge in [0.2, 0.25) is 0 Å². The molecule has 100 valence electrons. The van der Waals surface area contributed by atoms with E-state index >= 15 is 0 Å². The molecule has 2 N–H and O–H groups in total. The van der Waals surface area contributed by atoms with Gasteiger partial charge in [0.15, 0.2) is 0 Å². The summed E-state index contributed by atoms with van der Waals surface area (Å²) in [5.74, 6) is -0.326. The van der Waals surface area contributed by atoms with Crippen molar-refractivity contribution in [2.45, 2.75) is 20.4 Å². The van der Waals surface area contributed by atoms with Crippen molar-refractivity contribution in [2.24, 2.45) is 0 Å². The van der Waals surface area contributed by atoms with Crippen LogP contribution in [-0.4, -0.2) is 22.1 Å².